The molecule has 0 saturated carbocycles. The number of nitrogen functional groups attached to an aromatic ring is 1. The first kappa shape index (κ1) is 22.8. The van der Waals surface area contributed by atoms with Crippen molar-refractivity contribution in [1.82, 2.24) is 19.9 Å². The molecule has 4 N–H and O–H groups in total. The second-order valence-corrected chi connectivity index (χ2v) is 8.20. The van der Waals surface area contributed by atoms with Crippen LogP contribution in [0, 0.1) is 0 Å². The van der Waals surface area contributed by atoms with Gasteiger partial charge in [-0.25, -0.2) is 9.97 Å². The van der Waals surface area contributed by atoms with Crippen LogP contribution in [0.25, 0.3) is 11.2 Å². The van der Waals surface area contributed by atoms with E-state index in [2.05, 4.69) is 19.7 Å². The summed E-state index contributed by atoms with van der Waals surface area (Å²) in [7, 11) is 0. The summed E-state index contributed by atoms with van der Waals surface area (Å²) < 4.78 is 41.0. The number of nitrogens with one attached hydrogen (secondary N) is 1. The van der Waals surface area contributed by atoms with E-state index in [1.807, 2.05) is 6.07 Å². The molecule has 1 saturated heterocycles. The number of carbonyl (C=O) groups is 1. The molecule has 8 nitrogen and oxygen atoms in total. The van der Waals surface area contributed by atoms with Gasteiger partial charge in [0, 0.05) is 37.5 Å². The van der Waals surface area contributed by atoms with Crippen molar-refractivity contribution >= 4 is 22.8 Å². The molecule has 176 valence electrons. The number of amides is 1. The average molecular weight is 463 g/mol. The van der Waals surface area contributed by atoms with Gasteiger partial charge in [0.15, 0.2) is 5.65 Å². The molecule has 1 amide bonds. The van der Waals surface area contributed by atoms with Crippen LogP contribution in [0.15, 0.2) is 30.5 Å². The third-order valence-electron chi connectivity index (χ3n) is 5.66. The Morgan fingerprint density at radius 1 is 1.33 bits per heavy atom. The molecule has 0 radical (unpaired) electrons. The second-order valence-electron chi connectivity index (χ2n) is 8.20. The van der Waals surface area contributed by atoms with Crippen molar-refractivity contribution in [1.29, 1.82) is 0 Å². The maximum absolute atomic E-state index is 12.9. The Morgan fingerprint density at radius 3 is 2.70 bits per heavy atom. The van der Waals surface area contributed by atoms with Gasteiger partial charge in [0.2, 0.25) is 0 Å². The zero-order valence-corrected chi connectivity index (χ0v) is 17.9. The number of aromatic amines is 1. The first-order valence-corrected chi connectivity index (χ1v) is 10.6. The number of pyridine rings is 1. The number of hydrogen-bond acceptors (Lipinski definition) is 6. The van der Waals surface area contributed by atoms with E-state index in [-0.39, 0.29) is 23.1 Å². The van der Waals surface area contributed by atoms with Crippen LogP contribution in [0.4, 0.5) is 18.9 Å². The summed E-state index contributed by atoms with van der Waals surface area (Å²) in [6.45, 7) is 2.63. The van der Waals surface area contributed by atoms with Crippen LogP contribution in [-0.4, -0.2) is 56.4 Å². The number of fused-ring (bicyclic) bond motifs is 1. The van der Waals surface area contributed by atoms with Crippen LogP contribution in [-0.2, 0) is 6.42 Å². The minimum atomic E-state index is -4.83. The lowest BCUT2D eigenvalue weighted by molar-refractivity contribution is -0.274. The number of piperidine rings is 1. The highest BCUT2D eigenvalue weighted by atomic mass is 19.4. The normalized spacial score (nSPS) is 16.2. The molecule has 0 bridgehead atoms. The molecule has 4 rings (SSSR count). The lowest BCUT2D eigenvalue weighted by Crippen LogP contribution is -2.38. The van der Waals surface area contributed by atoms with Gasteiger partial charge >= 0.3 is 6.36 Å². The smallest absolute Gasteiger partial charge is 0.406 e. The van der Waals surface area contributed by atoms with E-state index in [0.717, 1.165) is 23.2 Å². The highest BCUT2D eigenvalue weighted by Crippen LogP contribution is 2.33. The van der Waals surface area contributed by atoms with E-state index in [1.54, 1.807) is 18.0 Å². The van der Waals surface area contributed by atoms with Gasteiger partial charge in [-0.15, -0.1) is 13.2 Å². The number of alkyl halides is 3. The molecular weight excluding hydrogens is 439 g/mol. The fraction of sp³-hybridized carbons (Fsp3) is 0.409. The third-order valence-corrected chi connectivity index (χ3v) is 5.66. The van der Waals surface area contributed by atoms with Gasteiger partial charge in [-0.2, -0.15) is 0 Å². The molecule has 33 heavy (non-hydrogen) atoms. The maximum atomic E-state index is 12.9. The van der Waals surface area contributed by atoms with E-state index in [9.17, 15) is 23.1 Å². The molecule has 0 unspecified atom stereocenters. The van der Waals surface area contributed by atoms with Crippen molar-refractivity contribution in [3.8, 4) is 5.75 Å². The first-order valence-electron chi connectivity index (χ1n) is 10.6. The number of rotatable bonds is 5. The molecule has 0 aliphatic carbocycles. The molecule has 2 aromatic heterocycles. The van der Waals surface area contributed by atoms with Crippen LogP contribution < -0.4 is 10.5 Å². The van der Waals surface area contributed by atoms with Crippen molar-refractivity contribution in [2.75, 3.05) is 18.8 Å². The molecule has 3 aromatic rings. The zero-order chi connectivity index (χ0) is 23.8. The van der Waals surface area contributed by atoms with Crippen molar-refractivity contribution in [2.24, 2.45) is 0 Å². The van der Waals surface area contributed by atoms with Crippen LogP contribution >= 0.6 is 0 Å². The van der Waals surface area contributed by atoms with Gasteiger partial charge in [-0.3, -0.25) is 4.79 Å². The Hall–Kier alpha value is -3.34. The molecular formula is C22H24F3N5O3. The molecule has 3 heterocycles. The van der Waals surface area contributed by atoms with Gasteiger partial charge in [0.1, 0.15) is 17.1 Å². The largest absolute Gasteiger partial charge is 0.573 e. The van der Waals surface area contributed by atoms with Crippen LogP contribution in [0.3, 0.4) is 0 Å². The fourth-order valence-electron chi connectivity index (χ4n) is 4.18. The Balaban J connectivity index is 1.45. The fourth-order valence-corrected chi connectivity index (χ4v) is 4.18. The number of likely N-dealkylation sites (tertiary alicyclic amines) is 1. The number of hydrogen-bond donors (Lipinski definition) is 3. The first-order chi connectivity index (χ1) is 15.6. The summed E-state index contributed by atoms with van der Waals surface area (Å²) in [6, 6.07) is 5.27. The van der Waals surface area contributed by atoms with Crippen LogP contribution in [0.2, 0.25) is 0 Å². The molecule has 0 spiro atoms. The molecule has 1 fully saturated rings. The number of H-pyrrole nitrogens is 1. The van der Waals surface area contributed by atoms with Gasteiger partial charge in [-0.05, 0) is 49.4 Å². The predicted octanol–water partition coefficient (Wildman–Crippen LogP) is 3.38. The Kier molecular flexibility index (Phi) is 6.15. The number of benzene rings is 1. The summed E-state index contributed by atoms with van der Waals surface area (Å²) in [5.41, 5.74) is 8.37. The maximum Gasteiger partial charge on any atom is 0.573 e. The van der Waals surface area contributed by atoms with Crippen molar-refractivity contribution in [3.63, 3.8) is 0 Å². The summed E-state index contributed by atoms with van der Waals surface area (Å²) in [5.74, 6) is 0.0393. The highest BCUT2D eigenvalue weighted by Gasteiger charge is 2.32. The van der Waals surface area contributed by atoms with E-state index in [4.69, 9.17) is 5.73 Å². The Labute approximate surface area is 187 Å². The van der Waals surface area contributed by atoms with Gasteiger partial charge in [-0.1, -0.05) is 0 Å². The number of nitrogens with zero attached hydrogens (tertiary/aromatic N) is 3. The summed E-state index contributed by atoms with van der Waals surface area (Å²) in [5, 5.41) is 9.62. The number of nitrogens with two attached hydrogens (primary N) is 1. The van der Waals surface area contributed by atoms with Gasteiger partial charge < -0.3 is 25.5 Å². The van der Waals surface area contributed by atoms with Crippen molar-refractivity contribution < 1.29 is 27.8 Å². The Bertz CT molecular complexity index is 1150. The number of anilines is 1. The number of aromatic nitrogens is 3. The van der Waals surface area contributed by atoms with Gasteiger partial charge in [0.25, 0.3) is 5.91 Å². The van der Waals surface area contributed by atoms with E-state index in [1.165, 1.54) is 6.07 Å². The SMILES string of the molecule is C[C@H](O)Cc1nc2c(C3CCN(C(=O)c4ccc(OC(F)(F)F)cc4N)CC3)ccnc2[nH]1. The van der Waals surface area contributed by atoms with Gasteiger partial charge in [0.05, 0.1) is 11.7 Å². The monoisotopic (exact) mass is 463 g/mol. The number of aliphatic hydroxyl groups is 1. The summed E-state index contributed by atoms with van der Waals surface area (Å²) in [6.07, 6.45) is -1.85. The van der Waals surface area contributed by atoms with E-state index < -0.39 is 18.2 Å². The third kappa shape index (κ3) is 5.19. The van der Waals surface area contributed by atoms with E-state index in [0.29, 0.717) is 43.8 Å². The topological polar surface area (TPSA) is 117 Å². The van der Waals surface area contributed by atoms with Crippen LogP contribution in [0.5, 0.6) is 5.75 Å². The average Bonchev–Trinajstić information content (AvgIpc) is 3.14. The number of carbonyl (C=O) groups excluding carboxylic acids is 1. The lowest BCUT2D eigenvalue weighted by Gasteiger charge is -2.32. The molecule has 1 aliphatic heterocycles. The second kappa shape index (κ2) is 8.89. The summed E-state index contributed by atoms with van der Waals surface area (Å²) in [4.78, 5) is 26.6. The van der Waals surface area contributed by atoms with Crippen LogP contribution in [0.1, 0.15) is 47.4 Å². The minimum Gasteiger partial charge on any atom is -0.406 e. The van der Waals surface area contributed by atoms with Crippen molar-refractivity contribution in [2.45, 2.75) is 44.6 Å². The molecule has 1 aliphatic rings. The molecule has 11 heteroatoms. The molecule has 1 atom stereocenters. The quantitative estimate of drug-likeness (QED) is 0.500. The lowest BCUT2D eigenvalue weighted by atomic mass is 9.89. The minimum absolute atomic E-state index is 0.0677. The van der Waals surface area contributed by atoms with Crippen molar-refractivity contribution in [3.05, 3.63) is 47.4 Å². The summed E-state index contributed by atoms with van der Waals surface area (Å²) >= 11 is 0. The number of aliphatic hydroxyl groups excluding tert-OH is 1. The molecule has 1 aromatic carbocycles. The zero-order valence-electron chi connectivity index (χ0n) is 17.9. The van der Waals surface area contributed by atoms with E-state index >= 15 is 0 Å². The number of halogens is 3. The number of ether oxygens (including phenoxy) is 1. The predicted molar refractivity (Wildman–Crippen MR) is 115 cm³/mol. The standard InChI is InChI=1S/C22H24F3N5O3/c1-12(31)10-18-28-19-15(4-7-27-20(19)29-18)13-5-8-30(9-6-13)21(32)16-3-2-14(11-17(16)26)33-22(23,24)25/h2-4,7,11-13,31H,5-6,8-10,26H2,1H3,(H,27,28,29)/t12-/m0/s1. The number of imidazole rings is 1. The highest BCUT2D eigenvalue weighted by molar-refractivity contribution is 5.99. The Morgan fingerprint density at radius 2 is 2.06 bits per heavy atom.